The lowest BCUT2D eigenvalue weighted by atomic mass is 10.1. The number of nitrogens with zero attached hydrogens (tertiary/aromatic N) is 1. The van der Waals surface area contributed by atoms with Crippen molar-refractivity contribution in [2.75, 3.05) is 23.7 Å². The van der Waals surface area contributed by atoms with Crippen molar-refractivity contribution in [1.82, 2.24) is 5.32 Å². The molecule has 0 aliphatic carbocycles. The van der Waals surface area contributed by atoms with Crippen molar-refractivity contribution in [2.45, 2.75) is 26.3 Å². The summed E-state index contributed by atoms with van der Waals surface area (Å²) in [7, 11) is -3.55. The number of aryl methyl sites for hydroxylation is 1. The van der Waals surface area contributed by atoms with Crippen LogP contribution in [0.25, 0.3) is 0 Å². The van der Waals surface area contributed by atoms with Gasteiger partial charge in [-0.15, -0.1) is 0 Å². The average Bonchev–Trinajstić information content (AvgIpc) is 2.83. The topological polar surface area (TPSA) is 75.7 Å². The number of rotatable bonds is 11. The van der Waals surface area contributed by atoms with Crippen molar-refractivity contribution >= 4 is 49.1 Å². The first-order chi connectivity index (χ1) is 16.7. The fourth-order valence-corrected chi connectivity index (χ4v) is 4.75. The molecule has 186 valence electrons. The molecule has 35 heavy (non-hydrogen) atoms. The SMILES string of the molecule is CCCc1ccc(OCCNC(=O)c2ccc(CN(c3ccc(Br)c(Cl)c3)S(C)(=O)=O)cc2)cc1. The number of benzene rings is 3. The summed E-state index contributed by atoms with van der Waals surface area (Å²) in [4.78, 5) is 12.5. The maximum absolute atomic E-state index is 12.5. The second-order valence-electron chi connectivity index (χ2n) is 8.06. The summed E-state index contributed by atoms with van der Waals surface area (Å²) in [5, 5.41) is 3.25. The van der Waals surface area contributed by atoms with Crippen molar-refractivity contribution in [3.8, 4) is 5.75 Å². The highest BCUT2D eigenvalue weighted by molar-refractivity contribution is 9.10. The molecule has 0 radical (unpaired) electrons. The summed E-state index contributed by atoms with van der Waals surface area (Å²) >= 11 is 9.46. The van der Waals surface area contributed by atoms with Gasteiger partial charge in [0.15, 0.2) is 0 Å². The molecule has 6 nitrogen and oxygen atoms in total. The van der Waals surface area contributed by atoms with Gasteiger partial charge in [0, 0.05) is 10.0 Å². The van der Waals surface area contributed by atoms with Gasteiger partial charge < -0.3 is 10.1 Å². The molecule has 1 N–H and O–H groups in total. The fourth-order valence-electron chi connectivity index (χ4n) is 3.44. The number of anilines is 1. The number of hydrogen-bond donors (Lipinski definition) is 1. The van der Waals surface area contributed by atoms with Crippen LogP contribution in [0.3, 0.4) is 0 Å². The van der Waals surface area contributed by atoms with Crippen LogP contribution in [0, 0.1) is 0 Å². The quantitative estimate of drug-likeness (QED) is 0.290. The van der Waals surface area contributed by atoms with Crippen molar-refractivity contribution < 1.29 is 17.9 Å². The molecule has 0 heterocycles. The van der Waals surface area contributed by atoms with E-state index in [2.05, 4.69) is 40.3 Å². The third-order valence-electron chi connectivity index (χ3n) is 5.25. The third kappa shape index (κ3) is 7.98. The third-order valence-corrected chi connectivity index (χ3v) is 7.63. The lowest BCUT2D eigenvalue weighted by Crippen LogP contribution is -2.29. The van der Waals surface area contributed by atoms with Gasteiger partial charge in [-0.1, -0.05) is 49.2 Å². The van der Waals surface area contributed by atoms with E-state index in [-0.39, 0.29) is 12.5 Å². The molecule has 0 aliphatic heterocycles. The van der Waals surface area contributed by atoms with Gasteiger partial charge in [0.05, 0.1) is 30.1 Å². The summed E-state index contributed by atoms with van der Waals surface area (Å²) < 4.78 is 32.4. The highest BCUT2D eigenvalue weighted by Crippen LogP contribution is 2.29. The standard InChI is InChI=1S/C26H28BrClN2O4S/c1-3-4-19-7-12-23(13-8-19)34-16-15-29-26(31)21-9-5-20(6-10-21)18-30(35(2,32)33)22-11-14-24(27)25(28)17-22/h5-14,17H,3-4,15-16,18H2,1-2H3,(H,29,31). The van der Waals surface area contributed by atoms with Gasteiger partial charge in [-0.05, 0) is 75.9 Å². The normalized spacial score (nSPS) is 11.2. The lowest BCUT2D eigenvalue weighted by molar-refractivity contribution is 0.0947. The molecule has 0 fully saturated rings. The molecule has 0 aliphatic rings. The maximum Gasteiger partial charge on any atom is 0.251 e. The smallest absolute Gasteiger partial charge is 0.251 e. The van der Waals surface area contributed by atoms with Gasteiger partial charge >= 0.3 is 0 Å². The first kappa shape index (κ1) is 27.0. The lowest BCUT2D eigenvalue weighted by Gasteiger charge is -2.23. The van der Waals surface area contributed by atoms with E-state index in [1.54, 1.807) is 42.5 Å². The largest absolute Gasteiger partial charge is 0.492 e. The molecule has 3 rings (SSSR count). The van der Waals surface area contributed by atoms with Crippen LogP contribution in [0.5, 0.6) is 5.75 Å². The Hall–Kier alpha value is -2.55. The summed E-state index contributed by atoms with van der Waals surface area (Å²) in [6.45, 7) is 2.98. The minimum Gasteiger partial charge on any atom is -0.492 e. The summed E-state index contributed by atoms with van der Waals surface area (Å²) in [6, 6.07) is 19.8. The van der Waals surface area contributed by atoms with E-state index in [1.165, 1.54) is 9.87 Å². The second kappa shape index (κ2) is 12.4. The molecule has 9 heteroatoms. The van der Waals surface area contributed by atoms with Crippen LogP contribution in [0.4, 0.5) is 5.69 Å². The van der Waals surface area contributed by atoms with E-state index in [0.717, 1.165) is 30.4 Å². The molecular weight excluding hydrogens is 552 g/mol. The van der Waals surface area contributed by atoms with Gasteiger partial charge in [-0.3, -0.25) is 9.10 Å². The number of ether oxygens (including phenoxy) is 1. The van der Waals surface area contributed by atoms with Crippen molar-refractivity contribution in [2.24, 2.45) is 0 Å². The number of amides is 1. The van der Waals surface area contributed by atoms with E-state index in [9.17, 15) is 13.2 Å². The molecule has 0 bridgehead atoms. The molecule has 0 atom stereocenters. The van der Waals surface area contributed by atoms with Crippen LogP contribution in [0.2, 0.25) is 5.02 Å². The van der Waals surface area contributed by atoms with Crippen molar-refractivity contribution in [3.63, 3.8) is 0 Å². The molecule has 1 amide bonds. The molecule has 3 aromatic carbocycles. The van der Waals surface area contributed by atoms with Gasteiger partial charge in [0.2, 0.25) is 10.0 Å². The summed E-state index contributed by atoms with van der Waals surface area (Å²) in [5.74, 6) is 0.545. The average molecular weight is 580 g/mol. The molecule has 0 saturated heterocycles. The number of hydrogen-bond acceptors (Lipinski definition) is 4. The van der Waals surface area contributed by atoms with E-state index >= 15 is 0 Å². The minimum absolute atomic E-state index is 0.115. The van der Waals surface area contributed by atoms with Crippen LogP contribution in [-0.4, -0.2) is 33.7 Å². The van der Waals surface area contributed by atoms with E-state index in [1.807, 2.05) is 12.1 Å². The van der Waals surface area contributed by atoms with Crippen LogP contribution < -0.4 is 14.4 Å². The Kier molecular flexibility index (Phi) is 9.60. The maximum atomic E-state index is 12.5. The Morgan fingerprint density at radius 2 is 1.69 bits per heavy atom. The Balaban J connectivity index is 1.55. The van der Waals surface area contributed by atoms with Crippen LogP contribution in [0.1, 0.15) is 34.8 Å². The molecular formula is C26H28BrClN2O4S. The molecule has 0 spiro atoms. The zero-order chi connectivity index (χ0) is 25.4. The Morgan fingerprint density at radius 1 is 1.03 bits per heavy atom. The Labute approximate surface area is 220 Å². The summed E-state index contributed by atoms with van der Waals surface area (Å²) in [6.07, 6.45) is 3.29. The zero-order valence-electron chi connectivity index (χ0n) is 19.6. The predicted octanol–water partition coefficient (Wildman–Crippen LogP) is 5.83. The number of nitrogens with one attached hydrogen (secondary N) is 1. The number of sulfonamides is 1. The first-order valence-corrected chi connectivity index (χ1v) is 14.2. The van der Waals surface area contributed by atoms with Crippen molar-refractivity contribution in [3.05, 3.63) is 92.9 Å². The predicted molar refractivity (Wildman–Crippen MR) is 145 cm³/mol. The zero-order valence-corrected chi connectivity index (χ0v) is 22.8. The first-order valence-electron chi connectivity index (χ1n) is 11.2. The van der Waals surface area contributed by atoms with Crippen LogP contribution >= 0.6 is 27.5 Å². The highest BCUT2D eigenvalue weighted by atomic mass is 79.9. The highest BCUT2D eigenvalue weighted by Gasteiger charge is 2.19. The number of carbonyl (C=O) groups excluding carboxylic acids is 1. The molecule has 3 aromatic rings. The Bertz CT molecular complexity index is 1250. The fraction of sp³-hybridized carbons (Fsp3) is 0.269. The molecule has 0 saturated carbocycles. The molecule has 0 aromatic heterocycles. The van der Waals surface area contributed by atoms with E-state index < -0.39 is 10.0 Å². The van der Waals surface area contributed by atoms with Gasteiger partial charge in [-0.25, -0.2) is 8.42 Å². The van der Waals surface area contributed by atoms with Gasteiger partial charge in [-0.2, -0.15) is 0 Å². The van der Waals surface area contributed by atoms with Gasteiger partial charge in [0.1, 0.15) is 12.4 Å². The van der Waals surface area contributed by atoms with Crippen LogP contribution in [0.15, 0.2) is 71.2 Å². The van der Waals surface area contributed by atoms with Crippen LogP contribution in [-0.2, 0) is 23.0 Å². The second-order valence-corrected chi connectivity index (χ2v) is 11.2. The summed E-state index contributed by atoms with van der Waals surface area (Å²) in [5.41, 5.74) is 2.95. The number of halogens is 2. The molecule has 0 unspecified atom stereocenters. The van der Waals surface area contributed by atoms with Gasteiger partial charge in [0.25, 0.3) is 5.91 Å². The Morgan fingerprint density at radius 3 is 2.29 bits per heavy atom. The van der Waals surface area contributed by atoms with Crippen molar-refractivity contribution in [1.29, 1.82) is 0 Å². The van der Waals surface area contributed by atoms with E-state index in [4.69, 9.17) is 16.3 Å². The van der Waals surface area contributed by atoms with E-state index in [0.29, 0.717) is 33.9 Å². The number of carbonyl (C=O) groups is 1. The minimum atomic E-state index is -3.55. The monoisotopic (exact) mass is 578 g/mol.